The van der Waals surface area contributed by atoms with Crippen molar-refractivity contribution in [3.05, 3.63) is 139 Å². The largest absolute Gasteiger partial charge is 0.495 e. The Morgan fingerprint density at radius 3 is 1.44 bits per heavy atom. The minimum absolute atomic E-state index is 0.732. The van der Waals surface area contributed by atoms with E-state index in [0.717, 1.165) is 27.9 Å². The van der Waals surface area contributed by atoms with Crippen molar-refractivity contribution in [1.29, 1.82) is 0 Å². The second-order valence-corrected chi connectivity index (χ2v) is 12.5. The maximum absolute atomic E-state index is 6.17. The molecule has 0 unspecified atom stereocenters. The van der Waals surface area contributed by atoms with Gasteiger partial charge in [-0.2, -0.15) is 5.11 Å². The third-order valence-electron chi connectivity index (χ3n) is 6.47. The fourth-order valence-electron chi connectivity index (χ4n) is 4.96. The van der Waals surface area contributed by atoms with Crippen LogP contribution in [-0.4, -0.2) is 15.2 Å². The number of methoxy groups -OCH3 is 1. The number of hydrogen-bond acceptors (Lipinski definition) is 3. The smallest absolute Gasteiger partial charge is 0.184 e. The summed E-state index contributed by atoms with van der Waals surface area (Å²) in [5, 5.41) is 14.2. The van der Waals surface area contributed by atoms with Crippen molar-refractivity contribution in [3.63, 3.8) is 0 Å². The second kappa shape index (κ2) is 10.5. The molecular formula is C32H28N2OSi. The topological polar surface area (TPSA) is 34.0 Å². The van der Waals surface area contributed by atoms with Crippen molar-refractivity contribution >= 4 is 40.2 Å². The van der Waals surface area contributed by atoms with Crippen molar-refractivity contribution in [2.45, 2.75) is 6.92 Å². The van der Waals surface area contributed by atoms with Gasteiger partial charge in [0.05, 0.1) is 12.8 Å². The van der Waals surface area contributed by atoms with Crippen molar-refractivity contribution < 1.29 is 4.74 Å². The predicted octanol–water partition coefficient (Wildman–Crippen LogP) is 5.80. The fraction of sp³-hybridized carbons (Fsp3) is 0.0625. The van der Waals surface area contributed by atoms with Gasteiger partial charge in [0.15, 0.2) is 8.07 Å². The van der Waals surface area contributed by atoms with Gasteiger partial charge in [0.2, 0.25) is 0 Å². The van der Waals surface area contributed by atoms with Crippen LogP contribution in [0.25, 0.3) is 0 Å². The van der Waals surface area contributed by atoms with E-state index < -0.39 is 8.07 Å². The first kappa shape index (κ1) is 23.5. The first-order valence-electron chi connectivity index (χ1n) is 12.1. The van der Waals surface area contributed by atoms with E-state index in [0.29, 0.717) is 0 Å². The Kier molecular flexibility index (Phi) is 6.87. The van der Waals surface area contributed by atoms with E-state index in [1.54, 1.807) is 7.11 Å². The molecule has 0 aromatic heterocycles. The number of benzene rings is 5. The summed E-state index contributed by atoms with van der Waals surface area (Å²) in [6, 6.07) is 46.6. The van der Waals surface area contributed by atoms with Crippen molar-refractivity contribution in [1.82, 2.24) is 0 Å². The van der Waals surface area contributed by atoms with Crippen molar-refractivity contribution in [3.8, 4) is 5.75 Å². The van der Waals surface area contributed by atoms with Crippen molar-refractivity contribution in [2.75, 3.05) is 7.11 Å². The minimum Gasteiger partial charge on any atom is -0.495 e. The molecule has 0 atom stereocenters. The third-order valence-corrected chi connectivity index (χ3v) is 11.2. The van der Waals surface area contributed by atoms with Crippen LogP contribution in [0.4, 0.5) is 11.4 Å². The lowest BCUT2D eigenvalue weighted by atomic mass is 10.2. The third kappa shape index (κ3) is 4.39. The Labute approximate surface area is 213 Å². The highest BCUT2D eigenvalue weighted by Crippen LogP contribution is 2.31. The normalized spacial score (nSPS) is 11.5. The van der Waals surface area contributed by atoms with Crippen molar-refractivity contribution in [2.24, 2.45) is 10.2 Å². The molecule has 4 heteroatoms. The predicted molar refractivity (Wildman–Crippen MR) is 152 cm³/mol. The van der Waals surface area contributed by atoms with E-state index in [-0.39, 0.29) is 0 Å². The van der Waals surface area contributed by atoms with Gasteiger partial charge in [-0.3, -0.25) is 0 Å². The SMILES string of the molecule is COc1c(N=Nc2ccccc2)cc(C)cc1[Si](c1ccccc1)(c1ccccc1)c1ccccc1. The molecule has 0 aliphatic carbocycles. The number of nitrogens with zero attached hydrogens (tertiary/aromatic N) is 2. The van der Waals surface area contributed by atoms with Gasteiger partial charge >= 0.3 is 0 Å². The first-order valence-corrected chi connectivity index (χ1v) is 14.1. The number of ether oxygens (including phenoxy) is 1. The summed E-state index contributed by atoms with van der Waals surface area (Å²) in [4.78, 5) is 0. The molecule has 36 heavy (non-hydrogen) atoms. The molecule has 0 heterocycles. The van der Waals surface area contributed by atoms with Gasteiger partial charge in [-0.05, 0) is 51.4 Å². The van der Waals surface area contributed by atoms with Crippen LogP contribution in [-0.2, 0) is 0 Å². The summed E-state index contributed by atoms with van der Waals surface area (Å²) < 4.78 is 6.17. The van der Waals surface area contributed by atoms with Gasteiger partial charge in [-0.1, -0.05) is 115 Å². The average molecular weight is 485 g/mol. The molecule has 0 aliphatic heterocycles. The summed E-state index contributed by atoms with van der Waals surface area (Å²) in [7, 11) is -1.03. The van der Waals surface area contributed by atoms with Gasteiger partial charge in [-0.15, -0.1) is 5.11 Å². The van der Waals surface area contributed by atoms with Gasteiger partial charge < -0.3 is 4.74 Å². The average Bonchev–Trinajstić information content (AvgIpc) is 2.95. The Morgan fingerprint density at radius 2 is 1.00 bits per heavy atom. The van der Waals surface area contributed by atoms with E-state index in [1.807, 2.05) is 30.3 Å². The highest BCUT2D eigenvalue weighted by Gasteiger charge is 2.44. The quantitative estimate of drug-likeness (QED) is 0.163. The molecule has 5 aromatic carbocycles. The van der Waals surface area contributed by atoms with Gasteiger partial charge in [0.25, 0.3) is 0 Å². The Morgan fingerprint density at radius 1 is 0.556 bits per heavy atom. The zero-order chi connectivity index (χ0) is 24.8. The van der Waals surface area contributed by atoms with Gasteiger partial charge in [0.1, 0.15) is 11.4 Å². The zero-order valence-electron chi connectivity index (χ0n) is 20.5. The monoisotopic (exact) mass is 484 g/mol. The molecule has 0 saturated carbocycles. The van der Waals surface area contributed by atoms with Crippen LogP contribution in [0.3, 0.4) is 0 Å². The summed E-state index contributed by atoms with van der Waals surface area (Å²) in [5.74, 6) is 0.767. The second-order valence-electron chi connectivity index (χ2n) is 8.75. The fourth-order valence-corrected chi connectivity index (χ4v) is 9.98. The van der Waals surface area contributed by atoms with Crippen LogP contribution >= 0.6 is 0 Å². The molecule has 176 valence electrons. The van der Waals surface area contributed by atoms with E-state index >= 15 is 0 Å². The van der Waals surface area contributed by atoms with Gasteiger partial charge in [-0.25, -0.2) is 0 Å². The molecule has 3 nitrogen and oxygen atoms in total. The number of azo groups is 1. The molecule has 5 rings (SSSR count). The zero-order valence-corrected chi connectivity index (χ0v) is 21.5. The molecule has 0 spiro atoms. The number of hydrogen-bond donors (Lipinski definition) is 0. The standard InChI is InChI=1S/C32H28N2OSi/c1-25-23-30(34-33-26-15-7-3-8-16-26)32(35-2)31(24-25)36(27-17-9-4-10-18-27,28-19-11-5-12-20-28)29-21-13-6-14-22-29/h3-24H,1-2H3. The number of rotatable bonds is 7. The molecule has 0 amide bonds. The molecule has 0 aliphatic rings. The van der Waals surface area contributed by atoms with E-state index in [4.69, 9.17) is 4.74 Å². The molecule has 0 N–H and O–H groups in total. The van der Waals surface area contributed by atoms with Crippen LogP contribution in [0.5, 0.6) is 5.75 Å². The van der Waals surface area contributed by atoms with Crippen LogP contribution < -0.4 is 25.5 Å². The number of aryl methyl sites for hydroxylation is 1. The summed E-state index contributed by atoms with van der Waals surface area (Å²) in [5.41, 5.74) is 2.66. The van der Waals surface area contributed by atoms with Crippen LogP contribution in [0.1, 0.15) is 5.56 Å². The highest BCUT2D eigenvalue weighted by atomic mass is 28.3. The van der Waals surface area contributed by atoms with Crippen LogP contribution in [0.15, 0.2) is 144 Å². The summed E-state index contributed by atoms with van der Waals surface area (Å²) in [6.45, 7) is 2.12. The molecule has 0 saturated heterocycles. The summed E-state index contributed by atoms with van der Waals surface area (Å²) in [6.07, 6.45) is 0. The molecule has 0 radical (unpaired) electrons. The Hall–Kier alpha value is -4.28. The van der Waals surface area contributed by atoms with Crippen LogP contribution in [0.2, 0.25) is 0 Å². The maximum atomic E-state index is 6.17. The van der Waals surface area contributed by atoms with Gasteiger partial charge in [0, 0.05) is 0 Å². The van der Waals surface area contributed by atoms with E-state index in [2.05, 4.69) is 120 Å². The van der Waals surface area contributed by atoms with E-state index in [1.165, 1.54) is 15.6 Å². The Balaban J connectivity index is 1.86. The van der Waals surface area contributed by atoms with E-state index in [9.17, 15) is 0 Å². The molecule has 5 aromatic rings. The summed E-state index contributed by atoms with van der Waals surface area (Å²) >= 11 is 0. The Bertz CT molecular complexity index is 1360. The highest BCUT2D eigenvalue weighted by molar-refractivity contribution is 7.20. The molecule has 0 bridgehead atoms. The molecule has 0 fully saturated rings. The van der Waals surface area contributed by atoms with Crippen LogP contribution in [0, 0.1) is 6.92 Å². The lowest BCUT2D eigenvalue weighted by Gasteiger charge is -2.35. The lowest BCUT2D eigenvalue weighted by Crippen LogP contribution is -2.74. The molecular weight excluding hydrogens is 456 g/mol. The first-order chi connectivity index (χ1) is 17.7. The minimum atomic E-state index is -2.76. The lowest BCUT2D eigenvalue weighted by molar-refractivity contribution is 0.419. The maximum Gasteiger partial charge on any atom is 0.184 e.